The molecule has 33 heteroatoms. The predicted octanol–water partition coefficient (Wildman–Crippen LogP) is 18.0. The van der Waals surface area contributed by atoms with Gasteiger partial charge in [-0.3, -0.25) is 27.5 Å². The summed E-state index contributed by atoms with van der Waals surface area (Å²) in [5.41, 5.74) is 2.06. The molecule has 7 aliphatic carbocycles. The molecule has 3 aliphatic heterocycles. The number of alkyl carbamates (subject to hydrolysis) is 2. The van der Waals surface area contributed by atoms with Gasteiger partial charge in [-0.2, -0.15) is 16.8 Å². The van der Waals surface area contributed by atoms with Crippen molar-refractivity contribution in [1.29, 1.82) is 0 Å². The maximum absolute atomic E-state index is 14.2. The molecule has 0 bridgehead atoms. The molecule has 0 radical (unpaired) electrons. The molecule has 1 unspecified atom stereocenters. The Kier molecular flexibility index (Phi) is 40.2. The van der Waals surface area contributed by atoms with Crippen LogP contribution < -0.4 is 26.0 Å². The topological polar surface area (TPSA) is 324 Å². The van der Waals surface area contributed by atoms with Gasteiger partial charge >= 0.3 is 122 Å². The van der Waals surface area contributed by atoms with Crippen molar-refractivity contribution in [2.45, 2.75) is 344 Å². The van der Waals surface area contributed by atoms with Crippen LogP contribution in [0.1, 0.15) is 257 Å². The number of allylic oxidation sites excluding steroid dienone is 2. The van der Waals surface area contributed by atoms with E-state index in [0.717, 1.165) is 101 Å². The molecular weight excluding hydrogens is 1920 g/mol. The fraction of sp³-hybridized carbons (Fsp3) is 0.641. The van der Waals surface area contributed by atoms with E-state index < -0.39 is 129 Å². The van der Waals surface area contributed by atoms with E-state index in [2.05, 4.69) is 66.3 Å². The molecule has 3 aromatic rings. The van der Waals surface area contributed by atoms with E-state index in [1.807, 2.05) is 61.0 Å². The maximum atomic E-state index is 14.2. The zero-order chi connectivity index (χ0) is 89.9. The van der Waals surface area contributed by atoms with Gasteiger partial charge in [0.05, 0.1) is 53.2 Å². The second-order valence-electron chi connectivity index (χ2n) is 35.0. The van der Waals surface area contributed by atoms with Gasteiger partial charge < -0.3 is 50.0 Å². The number of fused-ring (bicyclic) bond motifs is 2. The predicted molar refractivity (Wildman–Crippen MR) is 490 cm³/mol. The number of carbonyl (C=O) groups is 8. The van der Waals surface area contributed by atoms with Crippen molar-refractivity contribution >= 4 is 132 Å². The van der Waals surface area contributed by atoms with Crippen LogP contribution in [0.25, 0.3) is 0 Å². The first kappa shape index (κ1) is 101. The first-order chi connectivity index (χ1) is 60.0. The van der Waals surface area contributed by atoms with Crippen molar-refractivity contribution in [1.82, 2.24) is 31.1 Å². The van der Waals surface area contributed by atoms with Gasteiger partial charge in [-0.1, -0.05) is 101 Å². The monoisotopic (exact) mass is 2050 g/mol. The fourth-order valence-electron chi connectivity index (χ4n) is 19.1. The van der Waals surface area contributed by atoms with Gasteiger partial charge in [-0.25, -0.2) is 19.2 Å². The summed E-state index contributed by atoms with van der Waals surface area (Å²) in [5, 5.41) is 11.0. The van der Waals surface area contributed by atoms with E-state index in [1.165, 1.54) is 65.3 Å². The van der Waals surface area contributed by atoms with Crippen molar-refractivity contribution in [3.05, 3.63) is 125 Å². The number of benzene rings is 3. The molecule has 3 heterocycles. The van der Waals surface area contributed by atoms with Gasteiger partial charge in [0.25, 0.3) is 20.2 Å². The minimum atomic E-state index is -4.26. The number of esters is 2. The molecule has 4 N–H and O–H groups in total. The molecule has 0 aromatic heterocycles. The Bertz CT molecular complexity index is 4370. The number of para-hydroxylation sites is 1. The summed E-state index contributed by atoms with van der Waals surface area (Å²) in [6.07, 6.45) is 41.1. The standard InChI is InChI=1S/C33H44BrN3O9S.C31H40BrN3O9S.C18H33P.C10H12O.2ClH.Ru/c1-4-6-7-8-9-14-27(35-32(41)45-24-12-10-11-13-24)30(39)37-21-25(46-47(42,43)26-17-15-23(34)16-18-26)19-28(37)29(38)36-33(31(40)44-3)20-22(33)5-2;1-42-29(38)31-18-20(31)9-5-3-2-4-6-12-25(33-30(39)43-22-10-7-8-11-22)28(37)35-19-23(17-26(35)27(36)34-31)44-45(40,41)24-15-13-21(32)14-16-24;1-4-10-16(11-5-1)19(17-12-6-2-7-13-17)18-14-8-3-9-15-18;1-8(2)11-10-7-5-4-6-9(10)3;;;/h4-5,15-18,22,24-25,27-28H,1-2,6-14,19-21H2,3H3,(H,35,41)(H,36,38);5,9,13-16,20,22-23,25-26H,2-4,6-8,10-12,17-19H2,1H3,(H,33,39)(H,34,36);16-18H,1-15H2;3-8H,1-2H3;2*1H;/q;;;;;;+2/p-1/b;9-5-;;;;;/t22-,25+,27+,28+,33-;20-,23+,25+,26?,31-;;;;;/m11...../s1. The number of nitrogens with zero attached hydrogens (tertiary/aromatic N) is 2. The third-order valence-corrected chi connectivity index (χ3v) is 35.9. The SMILES string of the molecule is C1CCC([PH+](C2CCCCC2)C2CCCCC2)CC1.C=CCCCCC[C@H](NC(=O)OC1CCCC1)C(=O)N1C[C@@H](OS(=O)(=O)c2ccc(Br)cc2)C[C@H]1C(=O)N[C@]1(C(=O)OC)C[C@H]1C=C.CC(C)Oc1ccccc1[CH]=[Ru]([Cl])[Cl].COC(=O)[C@@]12C[C@H]1/C=C\CCCCC[C@H](NC(=O)OC1CCCC1)C(=O)N1C[C@@H](OS(=O)(=O)c3ccc(Br)cc3)CC1C(=O)N2. The van der Waals surface area contributed by atoms with Crippen LogP contribution in [-0.4, -0.2) is 189 Å². The van der Waals surface area contributed by atoms with Crippen molar-refractivity contribution in [3.8, 4) is 5.75 Å². The van der Waals surface area contributed by atoms with E-state index in [0.29, 0.717) is 34.6 Å². The summed E-state index contributed by atoms with van der Waals surface area (Å²) in [4.78, 5) is 110. The number of likely N-dealkylation sites (tertiary alicyclic amines) is 1. The Labute approximate surface area is 771 Å². The quantitative estimate of drug-likeness (QED) is 0.00998. The number of unbranched alkanes of at least 4 members (excludes halogenated alkanes) is 3. The molecule has 13 rings (SSSR count). The molecule has 7 saturated carbocycles. The van der Waals surface area contributed by atoms with Crippen LogP contribution in [0.15, 0.2) is 129 Å². The van der Waals surface area contributed by atoms with Crippen LogP contribution >= 0.6 is 59.2 Å². The largest absolute Gasteiger partial charge is 0.467 e. The number of halogens is 4. The van der Waals surface area contributed by atoms with Gasteiger partial charge in [0, 0.05) is 54.6 Å². The minimum Gasteiger partial charge on any atom is -0.467 e. The number of amides is 6. The number of nitrogens with one attached hydrogen (secondary N) is 4. The summed E-state index contributed by atoms with van der Waals surface area (Å²) in [6, 6.07) is 15.2. The van der Waals surface area contributed by atoms with Crippen LogP contribution in [0.3, 0.4) is 0 Å². The Morgan fingerprint density at radius 1 is 0.632 bits per heavy atom. The van der Waals surface area contributed by atoms with E-state index >= 15 is 0 Å². The van der Waals surface area contributed by atoms with Crippen molar-refractivity contribution in [2.75, 3.05) is 27.3 Å². The summed E-state index contributed by atoms with van der Waals surface area (Å²) in [6.45, 7) is 11.0. The van der Waals surface area contributed by atoms with Crippen molar-refractivity contribution in [3.63, 3.8) is 0 Å². The maximum Gasteiger partial charge on any atom is 0.408 e. The second-order valence-corrected chi connectivity index (χ2v) is 49.2. The van der Waals surface area contributed by atoms with Crippen LogP contribution in [-0.2, 0) is 89.8 Å². The molecule has 0 spiro atoms. The average Bonchev–Trinajstić information content (AvgIpc) is 1.58. The number of ether oxygens (including phenoxy) is 5. The Balaban J connectivity index is 0.000000192. The van der Waals surface area contributed by atoms with Gasteiger partial charge in [0.15, 0.2) is 0 Å². The fourth-order valence-corrected chi connectivity index (χ4v) is 28.8. The van der Waals surface area contributed by atoms with Crippen LogP contribution in [0.5, 0.6) is 5.75 Å². The molecule has 10 atom stereocenters. The molecule has 3 aromatic carbocycles. The average molecular weight is 2050 g/mol. The third kappa shape index (κ3) is 29.7. The number of methoxy groups -OCH3 is 2. The van der Waals surface area contributed by atoms with Gasteiger partial charge in [-0.15, -0.1) is 13.2 Å². The zero-order valence-electron chi connectivity index (χ0n) is 72.7. The van der Waals surface area contributed by atoms with E-state index in [4.69, 9.17) is 51.4 Å². The number of hydrogen-bond donors (Lipinski definition) is 4. The van der Waals surface area contributed by atoms with Gasteiger partial charge in [0.2, 0.25) is 23.6 Å². The summed E-state index contributed by atoms with van der Waals surface area (Å²) >= 11 is 4.79. The second kappa shape index (κ2) is 49.5. The summed E-state index contributed by atoms with van der Waals surface area (Å²) in [7, 11) is 5.56. The Morgan fingerprint density at radius 3 is 1.67 bits per heavy atom. The van der Waals surface area contributed by atoms with Crippen LogP contribution in [0, 0.1) is 11.8 Å². The smallest absolute Gasteiger partial charge is 0.408 e. The number of carbonyl (C=O) groups excluding carboxylic acids is 8. The Hall–Kier alpha value is -5.68. The zero-order valence-corrected chi connectivity index (χ0v) is 81.8. The normalized spacial score (nSPS) is 25.8. The molecule has 125 heavy (non-hydrogen) atoms. The molecule has 6 amide bonds. The van der Waals surface area contributed by atoms with Gasteiger partial charge in [-0.05, 0) is 228 Å². The van der Waals surface area contributed by atoms with Gasteiger partial charge in [0.1, 0.15) is 47.5 Å². The van der Waals surface area contributed by atoms with E-state index in [1.54, 1.807) is 127 Å². The molecular formula is C92H130Br2Cl2N6O19PRuS2+. The van der Waals surface area contributed by atoms with E-state index in [9.17, 15) is 55.2 Å². The molecule has 10 aliphatic rings. The van der Waals surface area contributed by atoms with Crippen LogP contribution in [0.2, 0.25) is 0 Å². The number of rotatable bonds is 28. The molecule has 25 nitrogen and oxygen atoms in total. The molecule has 694 valence electrons. The summed E-state index contributed by atoms with van der Waals surface area (Å²) in [5.74, 6) is -3.44. The number of hydrogen-bond acceptors (Lipinski definition) is 19. The molecule has 2 saturated heterocycles. The molecule has 9 fully saturated rings. The third-order valence-electron chi connectivity index (χ3n) is 25.7. The Morgan fingerprint density at radius 2 is 1.15 bits per heavy atom. The van der Waals surface area contributed by atoms with Crippen molar-refractivity contribution in [2.24, 2.45) is 11.8 Å². The van der Waals surface area contributed by atoms with E-state index in [-0.39, 0.29) is 86.6 Å². The first-order valence-electron chi connectivity index (χ1n) is 45.1. The minimum absolute atomic E-state index is 0.0465. The first-order valence-corrected chi connectivity index (χ1v) is 56.7. The van der Waals surface area contributed by atoms with Crippen LogP contribution in [0.4, 0.5) is 9.59 Å². The van der Waals surface area contributed by atoms with Crippen molar-refractivity contribution < 1.29 is 101 Å². The summed E-state index contributed by atoms with van der Waals surface area (Å²) < 4.78 is 93.8.